The molecule has 0 radical (unpaired) electrons. The summed E-state index contributed by atoms with van der Waals surface area (Å²) in [6.07, 6.45) is -31.8. The molecule has 0 aromatic heterocycles. The van der Waals surface area contributed by atoms with Crippen LogP contribution in [0.15, 0.2) is 36.4 Å². The smallest absolute Gasteiger partial charge is 0.394 e. The highest BCUT2D eigenvalue weighted by molar-refractivity contribution is 14.1. The summed E-state index contributed by atoms with van der Waals surface area (Å²) >= 11 is 3.39. The number of rotatable bonds is 3. The Morgan fingerprint density at radius 2 is 0.673 bits per heavy atom. The number of halogens is 14. The Balaban J connectivity index is 1.45. The number of alkyl halides is 12. The number of aromatic hydroxyl groups is 2. The molecule has 0 aliphatic heterocycles. The molecule has 8 fully saturated rings. The summed E-state index contributed by atoms with van der Waals surface area (Å²) in [6.45, 7) is 0. The molecule has 0 heterocycles. The fourth-order valence-corrected chi connectivity index (χ4v) is 14.9. The van der Waals surface area contributed by atoms with E-state index in [4.69, 9.17) is 0 Å². The van der Waals surface area contributed by atoms with Gasteiger partial charge in [0.25, 0.3) is 0 Å². The normalized spacial score (nSPS) is 42.7. The predicted molar refractivity (Wildman–Crippen MR) is 179 cm³/mol. The van der Waals surface area contributed by atoms with Crippen LogP contribution in [0.5, 0.6) is 11.5 Å². The second kappa shape index (κ2) is 10.3. The maximum absolute atomic E-state index is 15.7. The van der Waals surface area contributed by atoms with Crippen molar-refractivity contribution in [1.82, 2.24) is 0 Å². The minimum Gasteiger partial charge on any atom is -0.507 e. The minimum atomic E-state index is -5.26. The third-order valence-corrected chi connectivity index (χ3v) is 16.5. The van der Waals surface area contributed by atoms with Gasteiger partial charge in [-0.3, -0.25) is 0 Å². The first-order chi connectivity index (χ1) is 23.6. The number of hydrogen-bond acceptors (Lipinski definition) is 2. The highest BCUT2D eigenvalue weighted by Crippen LogP contribution is 2.89. The van der Waals surface area contributed by atoms with Gasteiger partial charge in [-0.05, 0) is 179 Å². The van der Waals surface area contributed by atoms with Gasteiger partial charge in [-0.25, -0.2) is 0 Å². The van der Waals surface area contributed by atoms with E-state index in [1.165, 1.54) is 24.3 Å². The lowest BCUT2D eigenvalue weighted by Crippen LogP contribution is -2.77. The van der Waals surface area contributed by atoms with Crippen LogP contribution in [0.2, 0.25) is 0 Å². The van der Waals surface area contributed by atoms with Crippen molar-refractivity contribution < 1.29 is 62.9 Å². The lowest BCUT2D eigenvalue weighted by molar-refractivity contribution is -0.406. The maximum atomic E-state index is 15.7. The summed E-state index contributed by atoms with van der Waals surface area (Å²) in [5.74, 6) is -0.545. The molecule has 2 aromatic rings. The van der Waals surface area contributed by atoms with Crippen LogP contribution in [0, 0.1) is 39.6 Å². The molecule has 4 unspecified atom stereocenters. The molecule has 10 rings (SSSR count). The molecular weight excluding hydrogens is 946 g/mol. The van der Waals surface area contributed by atoms with E-state index in [2.05, 4.69) is 0 Å². The van der Waals surface area contributed by atoms with Crippen LogP contribution in [0.4, 0.5) is 52.7 Å². The van der Waals surface area contributed by atoms with Crippen LogP contribution in [0.1, 0.15) is 88.2 Å². The van der Waals surface area contributed by atoms with Gasteiger partial charge in [-0.15, -0.1) is 0 Å². The quantitative estimate of drug-likeness (QED) is 0.238. The summed E-state index contributed by atoms with van der Waals surface area (Å²) in [6, 6.07) is 7.43. The van der Waals surface area contributed by atoms with E-state index in [-0.39, 0.29) is 29.8 Å². The Bertz CT molecular complexity index is 1670. The van der Waals surface area contributed by atoms with Crippen molar-refractivity contribution in [3.63, 3.8) is 0 Å². The average Bonchev–Trinajstić information content (AvgIpc) is 2.96. The number of phenolic OH excluding ortho intramolecular Hbond substituents is 2. The van der Waals surface area contributed by atoms with Crippen LogP contribution in [-0.4, -0.2) is 34.9 Å². The second-order valence-electron chi connectivity index (χ2n) is 17.7. The Morgan fingerprint density at radius 1 is 0.404 bits per heavy atom. The topological polar surface area (TPSA) is 40.5 Å². The van der Waals surface area contributed by atoms with Crippen LogP contribution in [-0.2, 0) is 10.8 Å². The highest BCUT2D eigenvalue weighted by atomic mass is 127. The molecule has 8 aliphatic carbocycles. The third kappa shape index (κ3) is 4.68. The molecule has 52 heavy (non-hydrogen) atoms. The lowest BCUT2D eigenvalue weighted by Gasteiger charge is -2.80. The highest BCUT2D eigenvalue weighted by Gasteiger charge is 2.87. The van der Waals surface area contributed by atoms with E-state index in [0.717, 1.165) is 12.1 Å². The first-order valence-corrected chi connectivity index (χ1v) is 19.0. The van der Waals surface area contributed by atoms with Crippen molar-refractivity contribution in [2.24, 2.45) is 32.5 Å². The third-order valence-electron chi connectivity index (χ3n) is 14.8. The molecule has 16 heteroatoms. The fourth-order valence-electron chi connectivity index (χ4n) is 13.9. The van der Waals surface area contributed by atoms with Crippen LogP contribution < -0.4 is 0 Å². The number of phenols is 2. The van der Waals surface area contributed by atoms with Crippen LogP contribution in [0.3, 0.4) is 0 Å². The van der Waals surface area contributed by atoms with Gasteiger partial charge in [-0.2, -0.15) is 52.7 Å². The first kappa shape index (κ1) is 37.6. The molecule has 0 spiro atoms. The zero-order valence-corrected chi connectivity index (χ0v) is 31.5. The van der Waals surface area contributed by atoms with Crippen molar-refractivity contribution in [3.8, 4) is 11.5 Å². The fraction of sp³-hybridized carbons (Fsp3) is 0.667. The van der Waals surface area contributed by atoms with Gasteiger partial charge in [0.2, 0.25) is 0 Å². The standard InChI is InChI=1S/C36H32F12I2O2/c37-33(38,39)29-9-25(19-1-3-23(51)21(49)5-19)7-27(13-29,14-30(10-25,17-29)34(40,41)42)28-8-26(20-2-4-24(52)22(50)6-20)11-31(15-28,35(43,44)45)18-32(12-26,16-28)36(46,47)48/h1-6,51-52H,7-18H2. The van der Waals surface area contributed by atoms with E-state index < -0.39 is 145 Å². The Labute approximate surface area is 317 Å². The Morgan fingerprint density at radius 3 is 0.904 bits per heavy atom. The largest absolute Gasteiger partial charge is 0.507 e. The second-order valence-corrected chi connectivity index (χ2v) is 20.0. The Kier molecular flexibility index (Phi) is 7.47. The van der Waals surface area contributed by atoms with E-state index in [1.807, 2.05) is 0 Å². The molecule has 0 amide bonds. The van der Waals surface area contributed by atoms with Crippen LogP contribution >= 0.6 is 45.2 Å². The minimum absolute atomic E-state index is 0.0593. The van der Waals surface area contributed by atoms with E-state index >= 15 is 52.7 Å². The van der Waals surface area contributed by atoms with Gasteiger partial charge in [0, 0.05) is 0 Å². The summed E-state index contributed by atoms with van der Waals surface area (Å²) in [5.41, 5.74) is -20.3. The molecule has 286 valence electrons. The lowest BCUT2D eigenvalue weighted by atomic mass is 9.24. The SMILES string of the molecule is Oc1ccc(C23CC4(C(F)(F)F)CC(C(F)(F)F)(C2)CC(C25CC6(c7ccc(O)c(I)c7)CC(C(F)(F)F)(CC(C(F)(F)F)(C6)C2)C5)(C3)C4)cc1I. The molecule has 2 N–H and O–H groups in total. The van der Waals surface area contributed by atoms with Crippen molar-refractivity contribution in [2.45, 2.75) is 113 Å². The van der Waals surface area contributed by atoms with E-state index in [1.54, 1.807) is 45.2 Å². The van der Waals surface area contributed by atoms with Gasteiger partial charge < -0.3 is 10.2 Å². The van der Waals surface area contributed by atoms with Crippen molar-refractivity contribution in [3.05, 3.63) is 54.7 Å². The van der Waals surface area contributed by atoms with Crippen molar-refractivity contribution in [2.75, 3.05) is 0 Å². The molecule has 8 saturated carbocycles. The molecule has 0 saturated heterocycles. The van der Waals surface area contributed by atoms with Gasteiger partial charge in [-0.1, -0.05) is 12.1 Å². The summed E-state index contributed by atoms with van der Waals surface area (Å²) < 4.78 is 189. The molecule has 2 aromatic carbocycles. The van der Waals surface area contributed by atoms with E-state index in [0.29, 0.717) is 0 Å². The summed E-state index contributed by atoms with van der Waals surface area (Å²) in [5, 5.41) is 20.6. The zero-order chi connectivity index (χ0) is 38.2. The summed E-state index contributed by atoms with van der Waals surface area (Å²) in [4.78, 5) is 0. The molecular formula is C36H32F12I2O2. The first-order valence-electron chi connectivity index (χ1n) is 16.8. The predicted octanol–water partition coefficient (Wildman–Crippen LogP) is 12.4. The maximum Gasteiger partial charge on any atom is 0.394 e. The van der Waals surface area contributed by atoms with Gasteiger partial charge in [0.15, 0.2) is 0 Å². The molecule has 4 atom stereocenters. The molecule has 8 aliphatic rings. The van der Waals surface area contributed by atoms with Crippen LogP contribution in [0.25, 0.3) is 0 Å². The van der Waals surface area contributed by atoms with Gasteiger partial charge in [0.05, 0.1) is 28.8 Å². The molecule has 2 nitrogen and oxygen atoms in total. The van der Waals surface area contributed by atoms with Crippen molar-refractivity contribution >= 4 is 45.2 Å². The monoisotopic (exact) mass is 978 g/mol. The number of hydrogen-bond donors (Lipinski definition) is 2. The molecule has 8 bridgehead atoms. The summed E-state index contributed by atoms with van der Waals surface area (Å²) in [7, 11) is 0. The number of benzene rings is 2. The van der Waals surface area contributed by atoms with Crippen molar-refractivity contribution in [1.29, 1.82) is 0 Å². The Hall–Kier alpha value is -1.34. The zero-order valence-electron chi connectivity index (χ0n) is 27.1. The van der Waals surface area contributed by atoms with Gasteiger partial charge in [0.1, 0.15) is 11.5 Å². The van der Waals surface area contributed by atoms with Gasteiger partial charge >= 0.3 is 24.7 Å². The van der Waals surface area contributed by atoms with E-state index in [9.17, 15) is 10.2 Å². The average molecular weight is 978 g/mol.